The highest BCUT2D eigenvalue weighted by atomic mass is 16.5. The van der Waals surface area contributed by atoms with E-state index >= 15 is 0 Å². The number of imidazole rings is 1. The first-order chi connectivity index (χ1) is 16.9. The number of carbonyl (C=O) groups excluding carboxylic acids is 2. The van der Waals surface area contributed by atoms with E-state index in [1.807, 2.05) is 37.6 Å². The van der Waals surface area contributed by atoms with Crippen molar-refractivity contribution in [3.8, 4) is 5.75 Å². The Hall–Kier alpha value is -3.70. The number of primary amides is 1. The number of rotatable bonds is 13. The van der Waals surface area contributed by atoms with Gasteiger partial charge in [0.1, 0.15) is 17.0 Å². The third kappa shape index (κ3) is 6.25. The Bertz CT molecular complexity index is 1210. The lowest BCUT2D eigenvalue weighted by molar-refractivity contribution is 0.0995. The van der Waals surface area contributed by atoms with Crippen molar-refractivity contribution in [1.82, 2.24) is 24.6 Å². The van der Waals surface area contributed by atoms with Gasteiger partial charge in [-0.3, -0.25) is 19.6 Å². The second-order valence-electron chi connectivity index (χ2n) is 7.92. The molecule has 4 N–H and O–H groups in total. The van der Waals surface area contributed by atoms with Gasteiger partial charge in [0.25, 0.3) is 5.91 Å². The van der Waals surface area contributed by atoms with E-state index in [2.05, 4.69) is 20.7 Å². The molecule has 35 heavy (non-hydrogen) atoms. The molecule has 11 heteroatoms. The summed E-state index contributed by atoms with van der Waals surface area (Å²) < 4.78 is 14.6. The number of anilines is 1. The van der Waals surface area contributed by atoms with Crippen molar-refractivity contribution in [3.63, 3.8) is 0 Å². The molecule has 0 fully saturated rings. The van der Waals surface area contributed by atoms with Gasteiger partial charge in [-0.25, -0.2) is 4.98 Å². The second-order valence-corrected chi connectivity index (χ2v) is 7.92. The lowest BCUT2D eigenvalue weighted by atomic mass is 10.1. The molecule has 188 valence electrons. The summed E-state index contributed by atoms with van der Waals surface area (Å²) in [5, 5.41) is 10.3. The zero-order valence-corrected chi connectivity index (χ0v) is 20.6. The van der Waals surface area contributed by atoms with Crippen LogP contribution in [0.4, 0.5) is 5.95 Å². The van der Waals surface area contributed by atoms with Crippen LogP contribution in [0, 0.1) is 6.92 Å². The zero-order valence-electron chi connectivity index (χ0n) is 20.6. The Balaban J connectivity index is 2.07. The number of aryl methyl sites for hydroxylation is 2. The summed E-state index contributed by atoms with van der Waals surface area (Å²) in [6, 6.07) is 4.94. The molecule has 0 bridgehead atoms. The molecule has 0 aliphatic rings. The van der Waals surface area contributed by atoms with E-state index in [1.54, 1.807) is 30.0 Å². The Morgan fingerprint density at radius 2 is 2.00 bits per heavy atom. The predicted molar refractivity (Wildman–Crippen MR) is 134 cm³/mol. The van der Waals surface area contributed by atoms with Crippen molar-refractivity contribution >= 4 is 28.8 Å². The number of likely N-dealkylation sites (N-methyl/N-ethyl adjacent to an activating group) is 1. The number of allylic oxidation sites excluding steroid dienone is 1. The second kappa shape index (κ2) is 12.1. The standard InChI is InChI=1S/C24H33N7O4/c1-5-31-19(13-16(2)29-31)23(33)28-24-27-18-14-17(22(25)32)15-20(35-12-8-11-34-4)21(18)30(24)10-7-6-9-26-3/h6-7,13-15,26H,5,8-12H2,1-4H3,(H2,25,32)(H,27,28,33)/b7-6+. The van der Waals surface area contributed by atoms with E-state index < -0.39 is 5.91 Å². The van der Waals surface area contributed by atoms with Gasteiger partial charge in [-0.2, -0.15) is 5.10 Å². The molecule has 11 nitrogen and oxygen atoms in total. The minimum absolute atomic E-state index is 0.271. The quantitative estimate of drug-likeness (QED) is 0.250. The number of nitrogens with one attached hydrogen (secondary N) is 2. The molecule has 0 aliphatic heterocycles. The fraction of sp³-hybridized carbons (Fsp3) is 0.417. The van der Waals surface area contributed by atoms with Gasteiger partial charge in [-0.1, -0.05) is 12.2 Å². The van der Waals surface area contributed by atoms with E-state index in [0.29, 0.717) is 67.7 Å². The highest BCUT2D eigenvalue weighted by Crippen LogP contribution is 2.31. The van der Waals surface area contributed by atoms with Gasteiger partial charge in [0.15, 0.2) is 0 Å². The largest absolute Gasteiger partial charge is 0.491 e. The molecule has 0 saturated heterocycles. The highest BCUT2D eigenvalue weighted by molar-refractivity contribution is 6.04. The van der Waals surface area contributed by atoms with Crippen molar-refractivity contribution in [2.24, 2.45) is 5.73 Å². The van der Waals surface area contributed by atoms with Crippen LogP contribution in [-0.4, -0.2) is 65.1 Å². The monoisotopic (exact) mass is 483 g/mol. The first-order valence-electron chi connectivity index (χ1n) is 11.5. The minimum Gasteiger partial charge on any atom is -0.491 e. The van der Waals surface area contributed by atoms with Gasteiger partial charge < -0.3 is 25.1 Å². The lowest BCUT2D eigenvalue weighted by Gasteiger charge is -2.13. The van der Waals surface area contributed by atoms with Crippen LogP contribution in [0.25, 0.3) is 11.0 Å². The molecule has 0 aliphatic carbocycles. The van der Waals surface area contributed by atoms with Gasteiger partial charge in [-0.15, -0.1) is 0 Å². The minimum atomic E-state index is -0.593. The van der Waals surface area contributed by atoms with Gasteiger partial charge in [-0.05, 0) is 39.1 Å². The maximum Gasteiger partial charge on any atom is 0.276 e. The smallest absolute Gasteiger partial charge is 0.276 e. The van der Waals surface area contributed by atoms with Crippen LogP contribution in [-0.2, 0) is 17.8 Å². The molecule has 0 spiro atoms. The van der Waals surface area contributed by atoms with E-state index in [1.165, 1.54) is 0 Å². The molecule has 0 atom stereocenters. The molecule has 3 aromatic rings. The van der Waals surface area contributed by atoms with Gasteiger partial charge in [0.2, 0.25) is 11.9 Å². The van der Waals surface area contributed by atoms with Crippen molar-refractivity contribution in [2.75, 3.05) is 39.2 Å². The molecule has 0 saturated carbocycles. The molecule has 0 unspecified atom stereocenters. The average Bonchev–Trinajstić information content (AvgIpc) is 3.39. The number of fused-ring (bicyclic) bond motifs is 1. The number of benzene rings is 1. The number of amides is 2. The van der Waals surface area contributed by atoms with Crippen molar-refractivity contribution in [3.05, 3.63) is 47.3 Å². The molecule has 1 aromatic carbocycles. The van der Waals surface area contributed by atoms with Crippen LogP contribution in [0.3, 0.4) is 0 Å². The van der Waals surface area contributed by atoms with Crippen LogP contribution >= 0.6 is 0 Å². The Labute approximate surface area is 204 Å². The Morgan fingerprint density at radius 3 is 2.69 bits per heavy atom. The molecule has 2 heterocycles. The lowest BCUT2D eigenvalue weighted by Crippen LogP contribution is -2.20. The van der Waals surface area contributed by atoms with Crippen molar-refractivity contribution in [1.29, 1.82) is 0 Å². The number of ether oxygens (including phenoxy) is 2. The summed E-state index contributed by atoms with van der Waals surface area (Å²) in [6.45, 7) is 6.34. The van der Waals surface area contributed by atoms with Crippen molar-refractivity contribution < 1.29 is 19.1 Å². The van der Waals surface area contributed by atoms with Gasteiger partial charge >= 0.3 is 0 Å². The number of methoxy groups -OCH3 is 1. The van der Waals surface area contributed by atoms with Crippen LogP contribution in [0.1, 0.15) is 39.9 Å². The maximum atomic E-state index is 13.1. The summed E-state index contributed by atoms with van der Waals surface area (Å²) in [5.74, 6) is -0.147. The molecular weight excluding hydrogens is 450 g/mol. The third-order valence-corrected chi connectivity index (χ3v) is 5.28. The Morgan fingerprint density at radius 1 is 1.20 bits per heavy atom. The summed E-state index contributed by atoms with van der Waals surface area (Å²) >= 11 is 0. The highest BCUT2D eigenvalue weighted by Gasteiger charge is 2.21. The van der Waals surface area contributed by atoms with Crippen LogP contribution in [0.5, 0.6) is 5.75 Å². The summed E-state index contributed by atoms with van der Waals surface area (Å²) in [7, 11) is 3.48. The first kappa shape index (κ1) is 25.9. The van der Waals surface area contributed by atoms with Crippen molar-refractivity contribution in [2.45, 2.75) is 33.4 Å². The number of hydrogen-bond acceptors (Lipinski definition) is 7. The SMILES string of the molecule is CCn1nc(C)cc1C(=O)Nc1nc2cc(C(N)=O)cc(OCCCOC)c2n1C/C=C/CNC. The number of aromatic nitrogens is 4. The van der Waals surface area contributed by atoms with E-state index in [9.17, 15) is 9.59 Å². The normalized spacial score (nSPS) is 11.4. The van der Waals surface area contributed by atoms with E-state index in [0.717, 1.165) is 5.69 Å². The maximum absolute atomic E-state index is 13.1. The molecule has 2 aromatic heterocycles. The fourth-order valence-electron chi connectivity index (χ4n) is 3.66. The molecular formula is C24H33N7O4. The number of hydrogen-bond donors (Lipinski definition) is 3. The van der Waals surface area contributed by atoms with Crippen LogP contribution < -0.4 is 21.1 Å². The molecule has 0 radical (unpaired) electrons. The Kier molecular flexibility index (Phi) is 8.98. The van der Waals surface area contributed by atoms with Crippen LogP contribution in [0.2, 0.25) is 0 Å². The number of nitrogens with zero attached hydrogens (tertiary/aromatic N) is 4. The topological polar surface area (TPSA) is 138 Å². The van der Waals surface area contributed by atoms with E-state index in [4.69, 9.17) is 15.2 Å². The van der Waals surface area contributed by atoms with Crippen LogP contribution in [0.15, 0.2) is 30.4 Å². The van der Waals surface area contributed by atoms with Gasteiger partial charge in [0.05, 0.1) is 17.8 Å². The molecule has 3 rings (SSSR count). The first-order valence-corrected chi connectivity index (χ1v) is 11.5. The number of carbonyl (C=O) groups is 2. The summed E-state index contributed by atoms with van der Waals surface area (Å²) in [6.07, 6.45) is 4.60. The average molecular weight is 484 g/mol. The zero-order chi connectivity index (χ0) is 25.4. The fourth-order valence-corrected chi connectivity index (χ4v) is 3.66. The van der Waals surface area contributed by atoms with E-state index in [-0.39, 0.29) is 11.5 Å². The molecule has 2 amide bonds. The predicted octanol–water partition coefficient (Wildman–Crippen LogP) is 2.10. The summed E-state index contributed by atoms with van der Waals surface area (Å²) in [4.78, 5) is 29.7. The number of nitrogens with two attached hydrogens (primary N) is 1. The third-order valence-electron chi connectivity index (χ3n) is 5.28. The van der Waals surface area contributed by atoms with Gasteiger partial charge in [0, 0.05) is 45.3 Å². The summed E-state index contributed by atoms with van der Waals surface area (Å²) in [5.41, 5.74) is 8.14.